The van der Waals surface area contributed by atoms with Gasteiger partial charge in [-0.15, -0.1) is 5.10 Å². The second-order valence-electron chi connectivity index (χ2n) is 2.93. The van der Waals surface area contributed by atoms with Crippen molar-refractivity contribution in [2.75, 3.05) is 7.05 Å². The summed E-state index contributed by atoms with van der Waals surface area (Å²) in [6, 6.07) is 0. The van der Waals surface area contributed by atoms with Gasteiger partial charge in [-0.2, -0.15) is 5.11 Å². The summed E-state index contributed by atoms with van der Waals surface area (Å²) in [6.45, 7) is 6.13. The third-order valence-corrected chi connectivity index (χ3v) is 0.696. The van der Waals surface area contributed by atoms with Gasteiger partial charge < -0.3 is 5.32 Å². The molecule has 0 heterocycles. The maximum absolute atomic E-state index is 3.60. The van der Waals surface area contributed by atoms with Gasteiger partial charge in [0.15, 0.2) is 0 Å². The van der Waals surface area contributed by atoms with Crippen LogP contribution in [0.2, 0.25) is 0 Å². The van der Waals surface area contributed by atoms with Gasteiger partial charge in [0.1, 0.15) is 6.34 Å². The van der Waals surface area contributed by atoms with Crippen LogP contribution in [0.15, 0.2) is 15.4 Å². The van der Waals surface area contributed by atoms with Gasteiger partial charge in [0.05, 0.1) is 7.05 Å². The lowest BCUT2D eigenvalue weighted by molar-refractivity contribution is 0.516. The van der Waals surface area contributed by atoms with Crippen LogP contribution in [0.1, 0.15) is 20.8 Å². The van der Waals surface area contributed by atoms with Crippen molar-refractivity contribution in [2.24, 2.45) is 15.4 Å². The second kappa shape index (κ2) is 3.98. The lowest BCUT2D eigenvalue weighted by atomic mass is 10.1. The van der Waals surface area contributed by atoms with Crippen molar-refractivity contribution >= 4 is 6.34 Å². The van der Waals surface area contributed by atoms with Crippen LogP contribution in [0.4, 0.5) is 0 Å². The molecule has 0 radical (unpaired) electrons. The van der Waals surface area contributed by atoms with Gasteiger partial charge in [0, 0.05) is 5.54 Å². The van der Waals surface area contributed by atoms with Crippen molar-refractivity contribution in [3.8, 4) is 0 Å². The SMILES string of the molecule is C/N=N\N=C/NC(C)(C)C. The van der Waals surface area contributed by atoms with Gasteiger partial charge >= 0.3 is 0 Å². The molecule has 0 spiro atoms. The van der Waals surface area contributed by atoms with Gasteiger partial charge in [-0.1, -0.05) is 0 Å². The highest BCUT2D eigenvalue weighted by Gasteiger charge is 2.04. The summed E-state index contributed by atoms with van der Waals surface area (Å²) < 4.78 is 0. The van der Waals surface area contributed by atoms with E-state index < -0.39 is 0 Å². The van der Waals surface area contributed by atoms with Gasteiger partial charge in [0.2, 0.25) is 0 Å². The largest absolute Gasteiger partial charge is 0.370 e. The molecule has 1 N–H and O–H groups in total. The molecule has 4 nitrogen and oxygen atoms in total. The molecule has 0 bridgehead atoms. The molecule has 58 valence electrons. The molecule has 0 aliphatic carbocycles. The lowest BCUT2D eigenvalue weighted by Gasteiger charge is -2.16. The molecule has 0 aliphatic rings. The zero-order valence-corrected chi connectivity index (χ0v) is 6.92. The van der Waals surface area contributed by atoms with E-state index in [1.807, 2.05) is 20.8 Å². The van der Waals surface area contributed by atoms with Crippen molar-refractivity contribution in [1.29, 1.82) is 0 Å². The smallest absolute Gasteiger partial charge is 0.113 e. The van der Waals surface area contributed by atoms with E-state index in [1.165, 1.54) is 6.34 Å². The molecule has 0 fully saturated rings. The summed E-state index contributed by atoms with van der Waals surface area (Å²) in [6.07, 6.45) is 1.53. The fraction of sp³-hybridized carbons (Fsp3) is 0.833. The molecule has 0 saturated carbocycles. The van der Waals surface area contributed by atoms with E-state index >= 15 is 0 Å². The predicted octanol–water partition coefficient (Wildman–Crippen LogP) is 1.40. The Morgan fingerprint density at radius 3 is 2.30 bits per heavy atom. The van der Waals surface area contributed by atoms with Crippen molar-refractivity contribution in [3.05, 3.63) is 0 Å². The van der Waals surface area contributed by atoms with E-state index in [2.05, 4.69) is 20.8 Å². The predicted molar refractivity (Wildman–Crippen MR) is 42.2 cm³/mol. The van der Waals surface area contributed by atoms with Crippen molar-refractivity contribution < 1.29 is 0 Å². The summed E-state index contributed by atoms with van der Waals surface area (Å²) >= 11 is 0. The summed E-state index contributed by atoms with van der Waals surface area (Å²) in [5.74, 6) is 0. The Kier molecular flexibility index (Phi) is 3.61. The number of rotatable bonds is 2. The van der Waals surface area contributed by atoms with Crippen LogP contribution >= 0.6 is 0 Å². The maximum Gasteiger partial charge on any atom is 0.113 e. The quantitative estimate of drug-likeness (QED) is 0.269. The van der Waals surface area contributed by atoms with E-state index in [4.69, 9.17) is 0 Å². The molecule has 0 saturated heterocycles. The first-order valence-electron chi connectivity index (χ1n) is 3.14. The Labute approximate surface area is 61.4 Å². The molecule has 0 aromatic carbocycles. The summed E-state index contributed by atoms with van der Waals surface area (Å²) in [5.41, 5.74) is 0.0484. The standard InChI is InChI=1S/C6H14N4/c1-6(2,3)8-5-9-10-7-4/h5H,1-4H3,(H,7,8,9). The Morgan fingerprint density at radius 1 is 1.30 bits per heavy atom. The van der Waals surface area contributed by atoms with Crippen LogP contribution in [0.5, 0.6) is 0 Å². The highest BCUT2D eigenvalue weighted by molar-refractivity contribution is 5.54. The van der Waals surface area contributed by atoms with E-state index in [1.54, 1.807) is 7.05 Å². The topological polar surface area (TPSA) is 49.1 Å². The minimum atomic E-state index is 0.0484. The molecule has 10 heavy (non-hydrogen) atoms. The fourth-order valence-corrected chi connectivity index (χ4v) is 0.300. The van der Waals surface area contributed by atoms with E-state index in [0.717, 1.165) is 0 Å². The third-order valence-electron chi connectivity index (χ3n) is 0.696. The first-order chi connectivity index (χ1) is 4.56. The van der Waals surface area contributed by atoms with E-state index in [0.29, 0.717) is 0 Å². The highest BCUT2D eigenvalue weighted by atomic mass is 15.4. The second-order valence-corrected chi connectivity index (χ2v) is 2.93. The van der Waals surface area contributed by atoms with Crippen molar-refractivity contribution in [3.63, 3.8) is 0 Å². The molecule has 0 aromatic heterocycles. The van der Waals surface area contributed by atoms with Gasteiger partial charge in [-0.05, 0) is 26.0 Å². The lowest BCUT2D eigenvalue weighted by Crippen LogP contribution is -2.34. The Morgan fingerprint density at radius 2 is 1.90 bits per heavy atom. The highest BCUT2D eigenvalue weighted by Crippen LogP contribution is 1.95. The van der Waals surface area contributed by atoms with Gasteiger partial charge in [-0.25, -0.2) is 0 Å². The van der Waals surface area contributed by atoms with Crippen molar-refractivity contribution in [2.45, 2.75) is 26.3 Å². The number of hydrogen-bond donors (Lipinski definition) is 1. The minimum absolute atomic E-state index is 0.0484. The van der Waals surface area contributed by atoms with Crippen LogP contribution < -0.4 is 5.32 Å². The van der Waals surface area contributed by atoms with Crippen LogP contribution in [0, 0.1) is 0 Å². The Balaban J connectivity index is 3.54. The Bertz CT molecular complexity index is 131. The molecule has 0 amide bonds. The van der Waals surface area contributed by atoms with Gasteiger partial charge in [-0.3, -0.25) is 0 Å². The summed E-state index contributed by atoms with van der Waals surface area (Å²) in [4.78, 5) is 0. The first-order valence-corrected chi connectivity index (χ1v) is 3.14. The van der Waals surface area contributed by atoms with Crippen LogP contribution in [0.3, 0.4) is 0 Å². The minimum Gasteiger partial charge on any atom is -0.370 e. The zero-order valence-electron chi connectivity index (χ0n) is 6.92. The fourth-order valence-electron chi connectivity index (χ4n) is 0.300. The number of hydrogen-bond acceptors (Lipinski definition) is 2. The molecular formula is C6H14N4. The van der Waals surface area contributed by atoms with Crippen LogP contribution in [0.25, 0.3) is 0 Å². The molecule has 0 unspecified atom stereocenters. The average Bonchev–Trinajstić information content (AvgIpc) is 1.78. The van der Waals surface area contributed by atoms with Crippen molar-refractivity contribution in [1.82, 2.24) is 5.32 Å². The molecule has 0 atom stereocenters. The summed E-state index contributed by atoms with van der Waals surface area (Å²) in [5, 5.41) is 13.5. The molecule has 0 aliphatic heterocycles. The molecule has 0 rings (SSSR count). The molecular weight excluding hydrogens is 128 g/mol. The Hall–Kier alpha value is -0.930. The zero-order chi connectivity index (χ0) is 8.04. The average molecular weight is 142 g/mol. The first kappa shape index (κ1) is 9.07. The normalized spacial score (nSPS) is 13.2. The van der Waals surface area contributed by atoms with Gasteiger partial charge in [0.25, 0.3) is 0 Å². The molecule has 4 heteroatoms. The summed E-state index contributed by atoms with van der Waals surface area (Å²) in [7, 11) is 1.58. The number of nitrogens with one attached hydrogen (secondary N) is 1. The monoisotopic (exact) mass is 142 g/mol. The molecule has 0 aromatic rings. The maximum atomic E-state index is 3.60. The van der Waals surface area contributed by atoms with E-state index in [9.17, 15) is 0 Å². The third kappa shape index (κ3) is 7.07. The van der Waals surface area contributed by atoms with Crippen LogP contribution in [-0.2, 0) is 0 Å². The van der Waals surface area contributed by atoms with Crippen LogP contribution in [-0.4, -0.2) is 18.9 Å². The van der Waals surface area contributed by atoms with E-state index in [-0.39, 0.29) is 5.54 Å². The number of nitrogens with zero attached hydrogens (tertiary/aromatic N) is 3.